The van der Waals surface area contributed by atoms with Gasteiger partial charge < -0.3 is 5.73 Å². The van der Waals surface area contributed by atoms with Gasteiger partial charge in [0.05, 0.1) is 10.0 Å². The predicted molar refractivity (Wildman–Crippen MR) is 49.0 cm³/mol. The summed E-state index contributed by atoms with van der Waals surface area (Å²) in [5.74, 6) is 0.186. The molecule has 0 aliphatic rings. The molecule has 0 radical (unpaired) electrons. The molecule has 2 N–H and O–H groups in total. The molecule has 12 heavy (non-hydrogen) atoms. The Morgan fingerprint density at radius 1 is 1.42 bits per heavy atom. The number of nitrogens with zero attached hydrogens (tertiary/aromatic N) is 1. The largest absolute Gasteiger partial charge is 0.383 e. The minimum atomic E-state index is -2.55. The van der Waals surface area contributed by atoms with Crippen LogP contribution in [0.5, 0.6) is 0 Å². The van der Waals surface area contributed by atoms with Gasteiger partial charge in [-0.25, -0.2) is 13.8 Å². The molecule has 0 spiro atoms. The Bertz CT molecular complexity index is 304. The molecule has 0 aromatic carbocycles. The molecule has 0 bridgehead atoms. The topological polar surface area (TPSA) is 38.9 Å². The monoisotopic (exact) mass is 300 g/mol. The van der Waals surface area contributed by atoms with Crippen molar-refractivity contribution >= 4 is 37.7 Å². The highest BCUT2D eigenvalue weighted by Crippen LogP contribution is 2.30. The zero-order valence-corrected chi connectivity index (χ0v) is 8.86. The third-order valence-electron chi connectivity index (χ3n) is 1.22. The second-order valence-corrected chi connectivity index (χ2v) is 3.64. The van der Waals surface area contributed by atoms with Gasteiger partial charge in [0.1, 0.15) is 10.4 Å². The van der Waals surface area contributed by atoms with Crippen LogP contribution in [0.1, 0.15) is 12.0 Å². The van der Waals surface area contributed by atoms with Gasteiger partial charge in [-0.1, -0.05) is 0 Å². The quantitative estimate of drug-likeness (QED) is 0.810. The van der Waals surface area contributed by atoms with Gasteiger partial charge in [0, 0.05) is 0 Å². The molecular formula is C6H4Br2F2N2. The smallest absolute Gasteiger partial charge is 0.266 e. The van der Waals surface area contributed by atoms with Crippen molar-refractivity contribution in [3.63, 3.8) is 0 Å². The molecule has 0 unspecified atom stereocenters. The third kappa shape index (κ3) is 1.92. The van der Waals surface area contributed by atoms with E-state index in [1.165, 1.54) is 6.07 Å². The van der Waals surface area contributed by atoms with E-state index in [0.29, 0.717) is 4.47 Å². The summed E-state index contributed by atoms with van der Waals surface area (Å²) in [7, 11) is 0. The van der Waals surface area contributed by atoms with Gasteiger partial charge in [0.25, 0.3) is 6.43 Å². The molecule has 2 nitrogen and oxygen atoms in total. The second-order valence-electron chi connectivity index (χ2n) is 2.04. The number of rotatable bonds is 1. The van der Waals surface area contributed by atoms with Crippen LogP contribution in [0.4, 0.5) is 14.6 Å². The lowest BCUT2D eigenvalue weighted by Gasteiger charge is -2.04. The highest BCUT2D eigenvalue weighted by Gasteiger charge is 2.14. The zero-order chi connectivity index (χ0) is 9.30. The number of pyridine rings is 1. The number of aromatic nitrogens is 1. The van der Waals surface area contributed by atoms with Crippen LogP contribution in [-0.4, -0.2) is 4.98 Å². The van der Waals surface area contributed by atoms with Crippen molar-refractivity contribution in [3.05, 3.63) is 20.7 Å². The van der Waals surface area contributed by atoms with Crippen molar-refractivity contribution in [2.24, 2.45) is 0 Å². The Hall–Kier alpha value is -0.230. The summed E-state index contributed by atoms with van der Waals surface area (Å²) in [5, 5.41) is 0. The summed E-state index contributed by atoms with van der Waals surface area (Å²) in [5.41, 5.74) is 5.19. The first-order valence-corrected chi connectivity index (χ1v) is 4.50. The Morgan fingerprint density at radius 3 is 2.50 bits per heavy atom. The maximum Gasteiger partial charge on any atom is 0.266 e. The van der Waals surface area contributed by atoms with Gasteiger partial charge in [0.2, 0.25) is 0 Å². The van der Waals surface area contributed by atoms with E-state index < -0.39 is 6.43 Å². The number of nitrogens with two attached hydrogens (primary N) is 1. The van der Waals surface area contributed by atoms with Crippen LogP contribution in [0.3, 0.4) is 0 Å². The van der Waals surface area contributed by atoms with Gasteiger partial charge in [-0.3, -0.25) is 0 Å². The molecule has 1 aromatic rings. The first kappa shape index (κ1) is 9.85. The average molecular weight is 302 g/mol. The fourth-order valence-corrected chi connectivity index (χ4v) is 1.46. The Morgan fingerprint density at radius 2 is 2.00 bits per heavy atom. The van der Waals surface area contributed by atoms with Gasteiger partial charge in [-0.05, 0) is 37.9 Å². The number of alkyl halides is 2. The lowest BCUT2D eigenvalue weighted by molar-refractivity contribution is 0.150. The van der Waals surface area contributed by atoms with Crippen molar-refractivity contribution in [2.45, 2.75) is 6.43 Å². The summed E-state index contributed by atoms with van der Waals surface area (Å²) in [6, 6.07) is 1.25. The third-order valence-corrected chi connectivity index (χ3v) is 2.49. The number of anilines is 1. The fraction of sp³-hybridized carbons (Fsp3) is 0.167. The predicted octanol–water partition coefficient (Wildman–Crippen LogP) is 3.13. The lowest BCUT2D eigenvalue weighted by Crippen LogP contribution is -1.96. The normalized spacial score (nSPS) is 10.8. The zero-order valence-electron chi connectivity index (χ0n) is 5.69. The molecule has 0 aliphatic heterocycles. The van der Waals surface area contributed by atoms with Gasteiger partial charge in [-0.2, -0.15) is 0 Å². The highest BCUT2D eigenvalue weighted by molar-refractivity contribution is 9.11. The van der Waals surface area contributed by atoms with E-state index in [0.717, 1.165) is 0 Å². The van der Waals surface area contributed by atoms with E-state index in [-0.39, 0.29) is 16.0 Å². The van der Waals surface area contributed by atoms with E-state index >= 15 is 0 Å². The van der Waals surface area contributed by atoms with E-state index in [1.54, 1.807) is 0 Å². The Balaban J connectivity index is 3.23. The number of nitrogen functional groups attached to an aromatic ring is 1. The maximum absolute atomic E-state index is 12.2. The number of halogens is 4. The second kappa shape index (κ2) is 3.66. The van der Waals surface area contributed by atoms with E-state index in [9.17, 15) is 8.78 Å². The van der Waals surface area contributed by atoms with Gasteiger partial charge in [0.15, 0.2) is 0 Å². The molecule has 0 fully saturated rings. The van der Waals surface area contributed by atoms with Crippen molar-refractivity contribution in [1.29, 1.82) is 0 Å². The lowest BCUT2D eigenvalue weighted by atomic mass is 10.3. The molecule has 0 atom stereocenters. The van der Waals surface area contributed by atoms with Crippen molar-refractivity contribution < 1.29 is 8.78 Å². The molecule has 0 amide bonds. The summed E-state index contributed by atoms with van der Waals surface area (Å²) in [6.45, 7) is 0. The van der Waals surface area contributed by atoms with Crippen LogP contribution in [0.15, 0.2) is 15.1 Å². The molecule has 66 valence electrons. The summed E-state index contributed by atoms with van der Waals surface area (Å²) >= 11 is 5.90. The fourth-order valence-electron chi connectivity index (χ4n) is 0.647. The minimum absolute atomic E-state index is 0.0817. The van der Waals surface area contributed by atoms with Crippen molar-refractivity contribution in [3.8, 4) is 0 Å². The SMILES string of the molecule is Nc1nc(Br)c(C(F)F)cc1Br. The van der Waals surface area contributed by atoms with Crippen LogP contribution in [0, 0.1) is 0 Å². The number of hydrogen-bond acceptors (Lipinski definition) is 2. The first-order chi connectivity index (χ1) is 5.52. The van der Waals surface area contributed by atoms with Crippen LogP contribution in [0.2, 0.25) is 0 Å². The van der Waals surface area contributed by atoms with Crippen LogP contribution >= 0.6 is 31.9 Å². The van der Waals surface area contributed by atoms with Crippen LogP contribution < -0.4 is 5.73 Å². The standard InChI is InChI=1S/C6H4Br2F2N2/c7-3-1-2(5(9)10)4(8)12-6(3)11/h1,5H,(H2,11,12). The van der Waals surface area contributed by atoms with E-state index in [1.807, 2.05) is 0 Å². The first-order valence-electron chi connectivity index (χ1n) is 2.92. The Kier molecular flexibility index (Phi) is 3.00. The minimum Gasteiger partial charge on any atom is -0.383 e. The van der Waals surface area contributed by atoms with Gasteiger partial charge in [-0.15, -0.1) is 0 Å². The highest BCUT2D eigenvalue weighted by atomic mass is 79.9. The molecular weight excluding hydrogens is 298 g/mol. The maximum atomic E-state index is 12.2. The van der Waals surface area contributed by atoms with E-state index in [4.69, 9.17) is 5.73 Å². The van der Waals surface area contributed by atoms with Gasteiger partial charge >= 0.3 is 0 Å². The molecule has 0 saturated heterocycles. The summed E-state index contributed by atoms with van der Waals surface area (Å²) < 4.78 is 24.9. The van der Waals surface area contributed by atoms with Crippen LogP contribution in [0.25, 0.3) is 0 Å². The van der Waals surface area contributed by atoms with Crippen molar-refractivity contribution in [1.82, 2.24) is 4.98 Å². The molecule has 1 rings (SSSR count). The van der Waals surface area contributed by atoms with E-state index in [2.05, 4.69) is 36.8 Å². The summed E-state index contributed by atoms with van der Waals surface area (Å²) in [4.78, 5) is 3.66. The average Bonchev–Trinajstić information content (AvgIpc) is 1.96. The van der Waals surface area contributed by atoms with Crippen molar-refractivity contribution in [2.75, 3.05) is 5.73 Å². The molecule has 6 heteroatoms. The Labute approximate surface area is 84.4 Å². The molecule has 1 heterocycles. The molecule has 0 aliphatic carbocycles. The van der Waals surface area contributed by atoms with Crippen LogP contribution in [-0.2, 0) is 0 Å². The molecule has 0 saturated carbocycles. The molecule has 1 aromatic heterocycles. The summed E-state index contributed by atoms with van der Waals surface area (Å²) in [6.07, 6.45) is -2.55. The number of hydrogen-bond donors (Lipinski definition) is 1.